The molecule has 0 spiro atoms. The molecule has 184 valence electrons. The van der Waals surface area contributed by atoms with Crippen LogP contribution < -0.4 is 5.32 Å². The Morgan fingerprint density at radius 1 is 1.00 bits per heavy atom. The van der Waals surface area contributed by atoms with Gasteiger partial charge in [-0.05, 0) is 49.9 Å². The number of sulfonamides is 1. The second-order valence-corrected chi connectivity index (χ2v) is 11.1. The van der Waals surface area contributed by atoms with Crippen LogP contribution in [-0.4, -0.2) is 52.9 Å². The van der Waals surface area contributed by atoms with Crippen molar-refractivity contribution in [2.45, 2.75) is 55.4 Å². The third kappa shape index (κ3) is 4.99. The van der Waals surface area contributed by atoms with Crippen molar-refractivity contribution in [1.29, 1.82) is 0 Å². The Hall–Kier alpha value is -3.11. The minimum atomic E-state index is -3.78. The van der Waals surface area contributed by atoms with Crippen LogP contribution in [0.2, 0.25) is 0 Å². The van der Waals surface area contributed by atoms with Gasteiger partial charge in [-0.3, -0.25) is 9.78 Å². The number of aromatic nitrogens is 3. The Labute approximate surface area is 205 Å². The molecule has 2 aliphatic rings. The number of hydrogen-bond donors (Lipinski definition) is 1. The molecule has 1 saturated heterocycles. The summed E-state index contributed by atoms with van der Waals surface area (Å²) in [5.41, 5.74) is 0.738. The largest absolute Gasteiger partial charge is 0.356 e. The number of hydrogen-bond acceptors (Lipinski definition) is 7. The highest BCUT2D eigenvalue weighted by molar-refractivity contribution is 7.89. The molecule has 0 radical (unpaired) electrons. The number of amides is 1. The van der Waals surface area contributed by atoms with Crippen molar-refractivity contribution in [2.75, 3.05) is 13.1 Å². The Balaban J connectivity index is 1.48. The SMILES string of the molecule is O=C1NCCCCCCN(S(=O)(=O)c2ccccc2)[C@H]2C[C@H](c3nc(-c4cccnc4)no3)C[C@@H]12. The van der Waals surface area contributed by atoms with Crippen molar-refractivity contribution in [2.24, 2.45) is 5.92 Å². The Kier molecular flexibility index (Phi) is 6.92. The molecule has 1 amide bonds. The van der Waals surface area contributed by atoms with Crippen LogP contribution in [0.15, 0.2) is 64.3 Å². The van der Waals surface area contributed by atoms with Gasteiger partial charge < -0.3 is 9.84 Å². The summed E-state index contributed by atoms with van der Waals surface area (Å²) in [4.78, 5) is 22.1. The van der Waals surface area contributed by atoms with Crippen LogP contribution >= 0.6 is 0 Å². The lowest BCUT2D eigenvalue weighted by atomic mass is 10.0. The average molecular weight is 496 g/mol. The summed E-state index contributed by atoms with van der Waals surface area (Å²) in [7, 11) is -3.78. The van der Waals surface area contributed by atoms with Crippen LogP contribution in [0.5, 0.6) is 0 Å². The molecule has 1 aliphatic heterocycles. The highest BCUT2D eigenvalue weighted by atomic mass is 32.2. The predicted octanol–water partition coefficient (Wildman–Crippen LogP) is 3.37. The first kappa shape index (κ1) is 23.6. The number of fused-ring (bicyclic) bond motifs is 1. The molecule has 1 aromatic carbocycles. The normalized spacial score (nSPS) is 24.3. The van der Waals surface area contributed by atoms with Crippen molar-refractivity contribution in [3.8, 4) is 11.4 Å². The van der Waals surface area contributed by atoms with Gasteiger partial charge in [0.1, 0.15) is 0 Å². The first-order valence-electron chi connectivity index (χ1n) is 12.1. The van der Waals surface area contributed by atoms with E-state index < -0.39 is 22.0 Å². The summed E-state index contributed by atoms with van der Waals surface area (Å²) in [6.45, 7) is 0.979. The van der Waals surface area contributed by atoms with Gasteiger partial charge >= 0.3 is 0 Å². The van der Waals surface area contributed by atoms with Crippen LogP contribution in [0.25, 0.3) is 11.4 Å². The maximum atomic E-state index is 13.8. The zero-order valence-electron chi connectivity index (χ0n) is 19.4. The number of benzene rings is 1. The average Bonchev–Trinajstić information content (AvgIpc) is 3.54. The van der Waals surface area contributed by atoms with Gasteiger partial charge in [0.25, 0.3) is 0 Å². The predicted molar refractivity (Wildman–Crippen MR) is 129 cm³/mol. The minimum Gasteiger partial charge on any atom is -0.356 e. The molecule has 1 aliphatic carbocycles. The second kappa shape index (κ2) is 10.2. The molecule has 35 heavy (non-hydrogen) atoms. The van der Waals surface area contributed by atoms with E-state index in [9.17, 15) is 13.2 Å². The summed E-state index contributed by atoms with van der Waals surface area (Å²) in [5, 5.41) is 7.13. The zero-order chi connectivity index (χ0) is 24.3. The lowest BCUT2D eigenvalue weighted by Crippen LogP contribution is -2.47. The van der Waals surface area contributed by atoms with E-state index in [4.69, 9.17) is 4.52 Å². The standard InChI is InChI=1S/C25H29N5O4S/c31-24-21-15-19(25-28-23(29-34-25)18-9-8-12-26-17-18)16-22(21)30(14-7-2-1-6-13-27-24)35(32,33)20-10-4-3-5-11-20/h3-5,8-12,17,19,21-22H,1-2,6-7,13-16H2,(H,27,31)/t19-,21-,22+/m1/s1. The van der Waals surface area contributed by atoms with E-state index in [2.05, 4.69) is 20.4 Å². The molecule has 2 aromatic heterocycles. The number of rotatable bonds is 4. The van der Waals surface area contributed by atoms with Crippen LogP contribution in [-0.2, 0) is 14.8 Å². The van der Waals surface area contributed by atoms with E-state index in [0.29, 0.717) is 37.6 Å². The molecule has 2 fully saturated rings. The second-order valence-electron chi connectivity index (χ2n) is 9.17. The van der Waals surface area contributed by atoms with Gasteiger partial charge in [-0.2, -0.15) is 9.29 Å². The quantitative estimate of drug-likeness (QED) is 0.589. The van der Waals surface area contributed by atoms with E-state index in [-0.39, 0.29) is 16.7 Å². The van der Waals surface area contributed by atoms with Gasteiger partial charge in [-0.15, -0.1) is 0 Å². The van der Waals surface area contributed by atoms with Crippen molar-refractivity contribution in [3.63, 3.8) is 0 Å². The van der Waals surface area contributed by atoms with E-state index in [1.807, 2.05) is 6.07 Å². The Morgan fingerprint density at radius 3 is 2.63 bits per heavy atom. The van der Waals surface area contributed by atoms with Gasteiger partial charge in [-0.25, -0.2) is 8.42 Å². The summed E-state index contributed by atoms with van der Waals surface area (Å²) in [6.07, 6.45) is 7.73. The number of pyridine rings is 1. The Bertz CT molecular complexity index is 1250. The highest BCUT2D eigenvalue weighted by Crippen LogP contribution is 2.43. The first-order chi connectivity index (χ1) is 17.0. The molecule has 3 aromatic rings. The van der Waals surface area contributed by atoms with E-state index in [1.165, 1.54) is 0 Å². The fourth-order valence-corrected chi connectivity index (χ4v) is 6.84. The zero-order valence-corrected chi connectivity index (χ0v) is 20.2. The first-order valence-corrected chi connectivity index (χ1v) is 13.6. The molecule has 10 heteroatoms. The van der Waals surface area contributed by atoms with Gasteiger partial charge in [0.2, 0.25) is 27.6 Å². The van der Waals surface area contributed by atoms with Gasteiger partial charge in [0.15, 0.2) is 0 Å². The number of carbonyl (C=O) groups excluding carboxylic acids is 1. The van der Waals surface area contributed by atoms with Gasteiger partial charge in [0.05, 0.1) is 10.8 Å². The number of nitrogens with one attached hydrogen (secondary N) is 1. The number of nitrogens with zero attached hydrogens (tertiary/aromatic N) is 4. The topological polar surface area (TPSA) is 118 Å². The summed E-state index contributed by atoms with van der Waals surface area (Å²) < 4.78 is 34.7. The molecule has 3 atom stereocenters. The number of carbonyl (C=O) groups is 1. The molecular weight excluding hydrogens is 466 g/mol. The fourth-order valence-electron chi connectivity index (χ4n) is 5.11. The van der Waals surface area contributed by atoms with Gasteiger partial charge in [-0.1, -0.05) is 36.2 Å². The lowest BCUT2D eigenvalue weighted by molar-refractivity contribution is -0.125. The minimum absolute atomic E-state index is 0.111. The smallest absolute Gasteiger partial charge is 0.243 e. The van der Waals surface area contributed by atoms with Crippen LogP contribution in [0.4, 0.5) is 0 Å². The van der Waals surface area contributed by atoms with Crippen molar-refractivity contribution in [1.82, 2.24) is 24.7 Å². The van der Waals surface area contributed by atoms with Crippen LogP contribution in [0.3, 0.4) is 0 Å². The third-order valence-corrected chi connectivity index (χ3v) is 8.84. The Morgan fingerprint density at radius 2 is 1.83 bits per heavy atom. The van der Waals surface area contributed by atoms with E-state index in [0.717, 1.165) is 31.2 Å². The van der Waals surface area contributed by atoms with Crippen molar-refractivity contribution < 1.29 is 17.7 Å². The van der Waals surface area contributed by atoms with E-state index >= 15 is 0 Å². The summed E-state index contributed by atoms with van der Waals surface area (Å²) in [6, 6.07) is 11.6. The maximum Gasteiger partial charge on any atom is 0.243 e. The molecule has 0 bridgehead atoms. The summed E-state index contributed by atoms with van der Waals surface area (Å²) >= 11 is 0. The molecule has 3 heterocycles. The van der Waals surface area contributed by atoms with Crippen molar-refractivity contribution in [3.05, 3.63) is 60.7 Å². The maximum absolute atomic E-state index is 13.8. The van der Waals surface area contributed by atoms with Crippen LogP contribution in [0.1, 0.15) is 50.3 Å². The molecule has 0 unspecified atom stereocenters. The monoisotopic (exact) mass is 495 g/mol. The van der Waals surface area contributed by atoms with Gasteiger partial charge in [0, 0.05) is 43.0 Å². The lowest BCUT2D eigenvalue weighted by Gasteiger charge is -2.31. The summed E-state index contributed by atoms with van der Waals surface area (Å²) in [5.74, 6) is 0.0316. The molecule has 9 nitrogen and oxygen atoms in total. The molecular formula is C25H29N5O4S. The third-order valence-electron chi connectivity index (χ3n) is 6.90. The molecule has 5 rings (SSSR count). The highest BCUT2D eigenvalue weighted by Gasteiger charge is 2.47. The molecule has 1 saturated carbocycles. The fraction of sp³-hybridized carbons (Fsp3) is 0.440. The van der Waals surface area contributed by atoms with E-state index in [1.54, 1.807) is 53.1 Å². The van der Waals surface area contributed by atoms with Crippen LogP contribution in [0, 0.1) is 5.92 Å². The molecule has 1 N–H and O–H groups in total. The van der Waals surface area contributed by atoms with Crippen molar-refractivity contribution >= 4 is 15.9 Å².